The minimum Gasteiger partial charge on any atom is -0.497 e. The maximum absolute atomic E-state index is 14.4. The molecule has 1 aliphatic rings. The van der Waals surface area contributed by atoms with E-state index in [-0.39, 0.29) is 17.3 Å². The number of nitrogens with zero attached hydrogens (tertiary/aromatic N) is 6. The van der Waals surface area contributed by atoms with Crippen molar-refractivity contribution >= 4 is 17.4 Å². The van der Waals surface area contributed by atoms with E-state index in [1.54, 1.807) is 31.4 Å². The lowest BCUT2D eigenvalue weighted by molar-refractivity contribution is 0.102. The van der Waals surface area contributed by atoms with E-state index in [9.17, 15) is 14.4 Å². The lowest BCUT2D eigenvalue weighted by Crippen LogP contribution is -2.46. The summed E-state index contributed by atoms with van der Waals surface area (Å²) in [5.41, 5.74) is 1.63. The van der Waals surface area contributed by atoms with Crippen LogP contribution in [0.15, 0.2) is 36.7 Å². The van der Waals surface area contributed by atoms with Gasteiger partial charge in [-0.1, -0.05) is 6.07 Å². The molecular formula is C24H26FN7O3. The highest BCUT2D eigenvalue weighted by molar-refractivity contribution is 6.07. The molecule has 4 rings (SSSR count). The molecule has 1 aliphatic heterocycles. The average molecular weight is 480 g/mol. The number of aryl methyl sites for hydroxylation is 1. The number of nitriles is 1. The van der Waals surface area contributed by atoms with Crippen LogP contribution in [0.4, 0.5) is 15.9 Å². The molecule has 1 N–H and O–H groups in total. The van der Waals surface area contributed by atoms with E-state index in [0.29, 0.717) is 61.1 Å². The number of carbonyl (C=O) groups excluding carboxylic acids is 1. The van der Waals surface area contributed by atoms with Crippen molar-refractivity contribution in [2.24, 2.45) is 7.05 Å². The fourth-order valence-corrected chi connectivity index (χ4v) is 3.97. The van der Waals surface area contributed by atoms with E-state index >= 15 is 0 Å². The summed E-state index contributed by atoms with van der Waals surface area (Å²) in [7, 11) is 4.65. The van der Waals surface area contributed by atoms with Crippen molar-refractivity contribution in [1.29, 1.82) is 5.26 Å². The van der Waals surface area contributed by atoms with Crippen molar-refractivity contribution in [3.8, 4) is 17.7 Å². The van der Waals surface area contributed by atoms with Crippen LogP contribution in [0.25, 0.3) is 0 Å². The zero-order valence-corrected chi connectivity index (χ0v) is 19.8. The Morgan fingerprint density at radius 2 is 1.97 bits per heavy atom. The van der Waals surface area contributed by atoms with Gasteiger partial charge in [0.25, 0.3) is 5.91 Å². The van der Waals surface area contributed by atoms with Gasteiger partial charge in [-0.25, -0.2) is 9.37 Å². The highest BCUT2D eigenvalue weighted by atomic mass is 19.1. The number of carbonyl (C=O) groups is 1. The molecule has 11 heteroatoms. The van der Waals surface area contributed by atoms with E-state index in [1.807, 2.05) is 4.90 Å². The van der Waals surface area contributed by atoms with Crippen molar-refractivity contribution in [1.82, 2.24) is 19.7 Å². The minimum atomic E-state index is -0.415. The number of methoxy groups -OCH3 is 2. The van der Waals surface area contributed by atoms with Crippen LogP contribution in [0.1, 0.15) is 21.5 Å². The first-order valence-electron chi connectivity index (χ1n) is 11.0. The fourth-order valence-electron chi connectivity index (χ4n) is 3.97. The number of anilines is 2. The van der Waals surface area contributed by atoms with Gasteiger partial charge in [0.15, 0.2) is 5.82 Å². The smallest absolute Gasteiger partial charge is 0.262 e. The van der Waals surface area contributed by atoms with Crippen molar-refractivity contribution in [2.75, 3.05) is 50.6 Å². The molecule has 0 unspecified atom stereocenters. The van der Waals surface area contributed by atoms with Crippen LogP contribution in [0.5, 0.6) is 11.6 Å². The van der Waals surface area contributed by atoms with Gasteiger partial charge in [0.05, 0.1) is 25.5 Å². The standard InChI is InChI=1S/C24H26FN7O3/c1-30-15-19(24(29-30)35-3)23(33)28-21-10-16(12-26)13-27-22(21)32-8-6-31(7-9-32)14-17-4-5-18(34-2)11-20(17)25/h4-5,10-11,13,15H,6-9,14H2,1-3H3,(H,28,33). The average Bonchev–Trinajstić information content (AvgIpc) is 3.26. The van der Waals surface area contributed by atoms with Gasteiger partial charge in [-0.15, -0.1) is 5.10 Å². The maximum atomic E-state index is 14.4. The van der Waals surface area contributed by atoms with Gasteiger partial charge >= 0.3 is 0 Å². The van der Waals surface area contributed by atoms with Gasteiger partial charge in [0.2, 0.25) is 5.88 Å². The fraction of sp³-hybridized carbons (Fsp3) is 0.333. The third-order valence-electron chi connectivity index (χ3n) is 5.80. The first-order valence-corrected chi connectivity index (χ1v) is 11.0. The Kier molecular flexibility index (Phi) is 7.12. The number of pyridine rings is 1. The molecule has 1 fully saturated rings. The Balaban J connectivity index is 1.48. The first-order chi connectivity index (χ1) is 16.9. The van der Waals surface area contributed by atoms with Crippen LogP contribution in [0, 0.1) is 17.1 Å². The third kappa shape index (κ3) is 5.33. The molecule has 182 valence electrons. The Morgan fingerprint density at radius 3 is 2.63 bits per heavy atom. The van der Waals surface area contributed by atoms with Crippen molar-refractivity contribution in [2.45, 2.75) is 6.54 Å². The van der Waals surface area contributed by atoms with Gasteiger partial charge in [0.1, 0.15) is 23.2 Å². The van der Waals surface area contributed by atoms with Gasteiger partial charge < -0.3 is 19.7 Å². The lowest BCUT2D eigenvalue weighted by atomic mass is 10.1. The summed E-state index contributed by atoms with van der Waals surface area (Å²) >= 11 is 0. The minimum absolute atomic E-state index is 0.204. The van der Waals surface area contributed by atoms with Crippen LogP contribution in [-0.4, -0.2) is 66.0 Å². The molecular weight excluding hydrogens is 453 g/mol. The van der Waals surface area contributed by atoms with E-state index < -0.39 is 5.91 Å². The topological polar surface area (TPSA) is 109 Å². The number of benzene rings is 1. The molecule has 0 saturated carbocycles. The molecule has 0 bridgehead atoms. The quantitative estimate of drug-likeness (QED) is 0.551. The second kappa shape index (κ2) is 10.4. The molecule has 10 nitrogen and oxygen atoms in total. The monoisotopic (exact) mass is 479 g/mol. The predicted molar refractivity (Wildman–Crippen MR) is 127 cm³/mol. The summed E-state index contributed by atoms with van der Waals surface area (Å²) in [6, 6.07) is 8.54. The predicted octanol–water partition coefficient (Wildman–Crippen LogP) is 2.42. The SMILES string of the molecule is COc1ccc(CN2CCN(c3ncc(C#N)cc3NC(=O)c3cn(C)nc3OC)CC2)c(F)c1. The van der Waals surface area contributed by atoms with Crippen LogP contribution < -0.4 is 19.7 Å². The van der Waals surface area contributed by atoms with E-state index in [4.69, 9.17) is 9.47 Å². The van der Waals surface area contributed by atoms with Crippen molar-refractivity contribution < 1.29 is 18.7 Å². The Bertz CT molecular complexity index is 1260. The number of hydrogen-bond donors (Lipinski definition) is 1. The van der Waals surface area contributed by atoms with Crippen molar-refractivity contribution in [3.05, 3.63) is 59.2 Å². The Labute approximate surface area is 202 Å². The number of rotatable bonds is 7. The van der Waals surface area contributed by atoms with Gasteiger partial charge in [0, 0.05) is 63.8 Å². The summed E-state index contributed by atoms with van der Waals surface area (Å²) in [5, 5.41) is 16.3. The Morgan fingerprint density at radius 1 is 1.20 bits per heavy atom. The molecule has 1 saturated heterocycles. The molecule has 3 aromatic rings. The molecule has 35 heavy (non-hydrogen) atoms. The normalized spacial score (nSPS) is 13.9. The summed E-state index contributed by atoms with van der Waals surface area (Å²) in [4.78, 5) is 21.6. The van der Waals surface area contributed by atoms with E-state index in [1.165, 1.54) is 31.2 Å². The highest BCUT2D eigenvalue weighted by Crippen LogP contribution is 2.28. The highest BCUT2D eigenvalue weighted by Gasteiger charge is 2.24. The first kappa shape index (κ1) is 24.0. The van der Waals surface area contributed by atoms with E-state index in [0.717, 1.165) is 0 Å². The largest absolute Gasteiger partial charge is 0.497 e. The number of halogens is 1. The molecule has 2 aromatic heterocycles. The summed E-state index contributed by atoms with van der Waals surface area (Å²) in [6.07, 6.45) is 3.04. The van der Waals surface area contributed by atoms with Crippen LogP contribution >= 0.6 is 0 Å². The summed E-state index contributed by atoms with van der Waals surface area (Å²) in [5.74, 6) is 0.547. The summed E-state index contributed by atoms with van der Waals surface area (Å²) < 4.78 is 26.1. The zero-order chi connectivity index (χ0) is 24.9. The number of hydrogen-bond acceptors (Lipinski definition) is 8. The molecule has 1 aromatic carbocycles. The second-order valence-electron chi connectivity index (χ2n) is 8.11. The molecule has 1 amide bonds. The zero-order valence-electron chi connectivity index (χ0n) is 19.8. The number of ether oxygens (including phenoxy) is 2. The molecule has 3 heterocycles. The number of piperazine rings is 1. The summed E-state index contributed by atoms with van der Waals surface area (Å²) in [6.45, 7) is 3.08. The number of nitrogens with one attached hydrogen (secondary N) is 1. The third-order valence-corrected chi connectivity index (χ3v) is 5.80. The lowest BCUT2D eigenvalue weighted by Gasteiger charge is -2.36. The van der Waals surface area contributed by atoms with Gasteiger partial charge in [-0.2, -0.15) is 5.26 Å². The molecule has 0 spiro atoms. The van der Waals surface area contributed by atoms with Crippen molar-refractivity contribution in [3.63, 3.8) is 0 Å². The number of amides is 1. The number of aromatic nitrogens is 3. The van der Waals surface area contributed by atoms with Crippen LogP contribution in [0.2, 0.25) is 0 Å². The van der Waals surface area contributed by atoms with Gasteiger partial charge in [-0.3, -0.25) is 14.4 Å². The molecule has 0 radical (unpaired) electrons. The maximum Gasteiger partial charge on any atom is 0.262 e. The Hall–Kier alpha value is -4.17. The van der Waals surface area contributed by atoms with E-state index in [2.05, 4.69) is 26.4 Å². The van der Waals surface area contributed by atoms with Crippen LogP contribution in [-0.2, 0) is 13.6 Å². The van der Waals surface area contributed by atoms with Crippen LogP contribution in [0.3, 0.4) is 0 Å². The molecule has 0 aliphatic carbocycles. The van der Waals surface area contributed by atoms with Gasteiger partial charge in [-0.05, 0) is 12.1 Å². The molecule has 0 atom stereocenters. The second-order valence-corrected chi connectivity index (χ2v) is 8.11.